The summed E-state index contributed by atoms with van der Waals surface area (Å²) in [6.45, 7) is 2.01. The SMILES string of the molecule is COc1ccc(C(C)(N)c2ccc3cccnc3c2)cc1. The smallest absolute Gasteiger partial charge is 0.118 e. The van der Waals surface area contributed by atoms with Crippen LogP contribution in [0.15, 0.2) is 60.8 Å². The molecule has 0 amide bonds. The predicted octanol–water partition coefficient (Wildman–Crippen LogP) is 3.47. The normalized spacial score (nSPS) is 13.9. The maximum atomic E-state index is 6.57. The summed E-state index contributed by atoms with van der Waals surface area (Å²) in [5.41, 5.74) is 9.04. The lowest BCUT2D eigenvalue weighted by molar-refractivity contribution is 0.414. The van der Waals surface area contributed by atoms with Gasteiger partial charge in [0.2, 0.25) is 0 Å². The van der Waals surface area contributed by atoms with Crippen molar-refractivity contribution in [3.63, 3.8) is 0 Å². The van der Waals surface area contributed by atoms with Gasteiger partial charge in [0.15, 0.2) is 0 Å². The molecule has 0 radical (unpaired) electrons. The van der Waals surface area contributed by atoms with E-state index in [9.17, 15) is 0 Å². The van der Waals surface area contributed by atoms with Gasteiger partial charge in [-0.1, -0.05) is 30.3 Å². The molecule has 21 heavy (non-hydrogen) atoms. The van der Waals surface area contributed by atoms with Crippen LogP contribution >= 0.6 is 0 Å². The molecule has 3 aromatic rings. The third-order valence-corrected chi connectivity index (χ3v) is 3.90. The number of benzene rings is 2. The van der Waals surface area contributed by atoms with Crippen molar-refractivity contribution in [2.24, 2.45) is 5.73 Å². The number of hydrogen-bond donors (Lipinski definition) is 1. The Morgan fingerprint density at radius 3 is 2.43 bits per heavy atom. The van der Waals surface area contributed by atoms with E-state index < -0.39 is 5.54 Å². The molecule has 1 aromatic heterocycles. The van der Waals surface area contributed by atoms with E-state index in [0.29, 0.717) is 0 Å². The highest BCUT2D eigenvalue weighted by Crippen LogP contribution is 2.29. The van der Waals surface area contributed by atoms with Gasteiger partial charge in [0.1, 0.15) is 5.75 Å². The molecular formula is C18H18N2O. The molecule has 0 aliphatic rings. The van der Waals surface area contributed by atoms with Crippen LogP contribution in [0.5, 0.6) is 5.75 Å². The highest BCUT2D eigenvalue weighted by Gasteiger charge is 2.24. The van der Waals surface area contributed by atoms with Crippen LogP contribution in [-0.2, 0) is 5.54 Å². The summed E-state index contributed by atoms with van der Waals surface area (Å²) in [6.07, 6.45) is 1.80. The molecule has 106 valence electrons. The van der Waals surface area contributed by atoms with Crippen LogP contribution in [0.1, 0.15) is 18.1 Å². The van der Waals surface area contributed by atoms with Gasteiger partial charge in [0.05, 0.1) is 18.2 Å². The second-order valence-electron chi connectivity index (χ2n) is 5.34. The second-order valence-corrected chi connectivity index (χ2v) is 5.34. The summed E-state index contributed by atoms with van der Waals surface area (Å²) in [5, 5.41) is 1.12. The maximum absolute atomic E-state index is 6.57. The number of rotatable bonds is 3. The summed E-state index contributed by atoms with van der Waals surface area (Å²) in [6, 6.07) is 18.0. The molecule has 2 aromatic carbocycles. The Morgan fingerprint density at radius 1 is 1.00 bits per heavy atom. The lowest BCUT2D eigenvalue weighted by Gasteiger charge is -2.26. The zero-order valence-electron chi connectivity index (χ0n) is 12.2. The van der Waals surface area contributed by atoms with Crippen LogP contribution in [0.4, 0.5) is 0 Å². The molecule has 1 heterocycles. The molecule has 3 nitrogen and oxygen atoms in total. The first-order chi connectivity index (χ1) is 10.1. The van der Waals surface area contributed by atoms with Crippen molar-refractivity contribution < 1.29 is 4.74 Å². The lowest BCUT2D eigenvalue weighted by atomic mass is 9.85. The van der Waals surface area contributed by atoms with Gasteiger partial charge in [-0.3, -0.25) is 4.98 Å². The Kier molecular flexibility index (Phi) is 3.35. The van der Waals surface area contributed by atoms with Crippen LogP contribution in [0.25, 0.3) is 10.9 Å². The number of pyridine rings is 1. The van der Waals surface area contributed by atoms with Crippen molar-refractivity contribution in [3.8, 4) is 5.75 Å². The van der Waals surface area contributed by atoms with Gasteiger partial charge in [-0.05, 0) is 42.3 Å². The average molecular weight is 278 g/mol. The molecule has 0 fully saturated rings. The summed E-state index contributed by atoms with van der Waals surface area (Å²) in [5.74, 6) is 0.828. The van der Waals surface area contributed by atoms with Crippen molar-refractivity contribution in [1.29, 1.82) is 0 Å². The summed E-state index contributed by atoms with van der Waals surface area (Å²) in [4.78, 5) is 4.40. The van der Waals surface area contributed by atoms with Crippen LogP contribution in [0.3, 0.4) is 0 Å². The molecular weight excluding hydrogens is 260 g/mol. The first kappa shape index (κ1) is 13.6. The highest BCUT2D eigenvalue weighted by molar-refractivity contribution is 5.79. The Labute approximate surface area is 124 Å². The van der Waals surface area contributed by atoms with Crippen molar-refractivity contribution in [3.05, 3.63) is 71.9 Å². The highest BCUT2D eigenvalue weighted by atomic mass is 16.5. The quantitative estimate of drug-likeness (QED) is 0.798. The van der Waals surface area contributed by atoms with Gasteiger partial charge < -0.3 is 10.5 Å². The van der Waals surface area contributed by atoms with Crippen LogP contribution in [-0.4, -0.2) is 12.1 Å². The van der Waals surface area contributed by atoms with Crippen LogP contribution in [0, 0.1) is 0 Å². The van der Waals surface area contributed by atoms with E-state index >= 15 is 0 Å². The fourth-order valence-electron chi connectivity index (χ4n) is 2.49. The Bertz CT molecular complexity index is 764. The molecule has 2 N–H and O–H groups in total. The Hall–Kier alpha value is -2.39. The topological polar surface area (TPSA) is 48.1 Å². The van der Waals surface area contributed by atoms with E-state index in [1.165, 1.54) is 0 Å². The Balaban J connectivity index is 2.05. The maximum Gasteiger partial charge on any atom is 0.118 e. The van der Waals surface area contributed by atoms with Crippen molar-refractivity contribution >= 4 is 10.9 Å². The third kappa shape index (κ3) is 2.48. The molecule has 1 atom stereocenters. The fraction of sp³-hybridized carbons (Fsp3) is 0.167. The molecule has 0 aliphatic carbocycles. The van der Waals surface area contributed by atoms with Gasteiger partial charge in [-0.25, -0.2) is 0 Å². The van der Waals surface area contributed by atoms with Crippen molar-refractivity contribution in [2.75, 3.05) is 7.11 Å². The first-order valence-corrected chi connectivity index (χ1v) is 6.90. The Morgan fingerprint density at radius 2 is 1.71 bits per heavy atom. The van der Waals surface area contributed by atoms with E-state index in [4.69, 9.17) is 10.5 Å². The van der Waals surface area contributed by atoms with Crippen molar-refractivity contribution in [1.82, 2.24) is 4.98 Å². The minimum Gasteiger partial charge on any atom is -0.497 e. The summed E-state index contributed by atoms with van der Waals surface area (Å²) >= 11 is 0. The number of nitrogens with two attached hydrogens (primary N) is 1. The van der Waals surface area contributed by atoms with E-state index in [1.807, 2.05) is 43.3 Å². The van der Waals surface area contributed by atoms with Gasteiger partial charge in [0, 0.05) is 11.6 Å². The van der Waals surface area contributed by atoms with Gasteiger partial charge in [0.25, 0.3) is 0 Å². The number of ether oxygens (including phenoxy) is 1. The predicted molar refractivity (Wildman–Crippen MR) is 85.4 cm³/mol. The molecule has 0 aliphatic heterocycles. The van der Waals surface area contributed by atoms with E-state index in [1.54, 1.807) is 13.3 Å². The molecule has 1 unspecified atom stereocenters. The van der Waals surface area contributed by atoms with Gasteiger partial charge in [-0.2, -0.15) is 0 Å². The first-order valence-electron chi connectivity index (χ1n) is 6.90. The zero-order chi connectivity index (χ0) is 14.9. The summed E-state index contributed by atoms with van der Waals surface area (Å²) in [7, 11) is 1.66. The molecule has 0 saturated heterocycles. The molecule has 3 rings (SSSR count). The monoisotopic (exact) mass is 278 g/mol. The largest absolute Gasteiger partial charge is 0.497 e. The third-order valence-electron chi connectivity index (χ3n) is 3.90. The van der Waals surface area contributed by atoms with Gasteiger partial charge in [-0.15, -0.1) is 0 Å². The number of methoxy groups -OCH3 is 1. The standard InChI is InChI=1S/C18H18N2O/c1-18(19,14-7-9-16(21-2)10-8-14)15-6-5-13-4-3-11-20-17(13)12-15/h3-12H,19H2,1-2H3. The van der Waals surface area contributed by atoms with E-state index in [-0.39, 0.29) is 0 Å². The van der Waals surface area contributed by atoms with E-state index in [0.717, 1.165) is 27.8 Å². The minimum absolute atomic E-state index is 0.571. The average Bonchev–Trinajstić information content (AvgIpc) is 2.54. The van der Waals surface area contributed by atoms with E-state index in [2.05, 4.69) is 23.2 Å². The molecule has 0 bridgehead atoms. The number of hydrogen-bond acceptors (Lipinski definition) is 3. The number of fused-ring (bicyclic) bond motifs is 1. The molecule has 0 saturated carbocycles. The fourth-order valence-corrected chi connectivity index (χ4v) is 2.49. The molecule has 0 spiro atoms. The van der Waals surface area contributed by atoms with Crippen LogP contribution in [0.2, 0.25) is 0 Å². The minimum atomic E-state index is -0.571. The molecule has 3 heteroatoms. The zero-order valence-corrected chi connectivity index (χ0v) is 12.2. The van der Waals surface area contributed by atoms with Crippen LogP contribution < -0.4 is 10.5 Å². The number of aromatic nitrogens is 1. The lowest BCUT2D eigenvalue weighted by Crippen LogP contribution is -2.34. The number of nitrogens with zero attached hydrogens (tertiary/aromatic N) is 1. The van der Waals surface area contributed by atoms with Gasteiger partial charge >= 0.3 is 0 Å². The summed E-state index contributed by atoms with van der Waals surface area (Å²) < 4.78 is 5.19. The van der Waals surface area contributed by atoms with Crippen molar-refractivity contribution in [2.45, 2.75) is 12.5 Å². The second kappa shape index (κ2) is 5.19.